The highest BCUT2D eigenvalue weighted by molar-refractivity contribution is 7.17. The summed E-state index contributed by atoms with van der Waals surface area (Å²) in [6.07, 6.45) is 1.83. The molecule has 2 aliphatic carbocycles. The first-order valence-corrected chi connectivity index (χ1v) is 17.4. The summed E-state index contributed by atoms with van der Waals surface area (Å²) in [4.78, 5) is 31.7. The van der Waals surface area contributed by atoms with Crippen LogP contribution in [-0.2, 0) is 5.41 Å². The fourth-order valence-electron chi connectivity index (χ4n) is 8.10. The van der Waals surface area contributed by atoms with Crippen molar-refractivity contribution in [1.29, 1.82) is 0 Å². The quantitative estimate of drug-likeness (QED) is 0.140. The van der Waals surface area contributed by atoms with Crippen molar-refractivity contribution in [3.05, 3.63) is 175 Å². The van der Waals surface area contributed by atoms with E-state index in [1.165, 1.54) is 49.0 Å². The zero-order chi connectivity index (χ0) is 31.4. The van der Waals surface area contributed by atoms with Gasteiger partial charge in [0.25, 0.3) is 0 Å². The number of carbonyl (C=O) groups excluding carboxylic acids is 2. The minimum Gasteiger partial charge on any atom is -0.300 e. The molecule has 0 saturated carbocycles. The van der Waals surface area contributed by atoms with Gasteiger partial charge in [-0.15, -0.1) is 22.7 Å². The maximum Gasteiger partial charge on any atom is 0.197 e. The molecule has 0 fully saturated rings. The van der Waals surface area contributed by atoms with E-state index in [0.29, 0.717) is 11.1 Å². The molecule has 3 nitrogen and oxygen atoms in total. The number of hydrogen-bond acceptors (Lipinski definition) is 5. The van der Waals surface area contributed by atoms with E-state index < -0.39 is 5.41 Å². The van der Waals surface area contributed by atoms with E-state index in [0.717, 1.165) is 21.3 Å². The van der Waals surface area contributed by atoms with Crippen LogP contribution in [0.5, 0.6) is 0 Å². The molecule has 1 aliphatic heterocycles. The number of carbonyl (C=O) groups is 2. The number of nitrogens with zero attached hydrogens (tertiary/aromatic N) is 1. The van der Waals surface area contributed by atoms with Crippen molar-refractivity contribution in [3.8, 4) is 11.1 Å². The van der Waals surface area contributed by atoms with Crippen LogP contribution in [0.1, 0.15) is 52.7 Å². The average Bonchev–Trinajstić information content (AvgIpc) is 3.88. The van der Waals surface area contributed by atoms with Gasteiger partial charge in [0, 0.05) is 31.8 Å². The Bertz CT molecular complexity index is 2470. The minimum absolute atomic E-state index is 0.205. The molecule has 2 aromatic heterocycles. The van der Waals surface area contributed by atoms with Crippen LogP contribution in [0.25, 0.3) is 28.0 Å². The van der Waals surface area contributed by atoms with Crippen LogP contribution in [-0.4, -0.2) is 11.6 Å². The number of Topliss-reactive ketones (excluding diaryl/α,β-unsaturated/α-hetero) is 2. The van der Waals surface area contributed by atoms with E-state index in [4.69, 9.17) is 0 Å². The lowest BCUT2D eigenvalue weighted by molar-refractivity contribution is 0.0990. The van der Waals surface area contributed by atoms with Crippen molar-refractivity contribution >= 4 is 67.5 Å². The van der Waals surface area contributed by atoms with Crippen LogP contribution < -0.4 is 4.90 Å². The van der Waals surface area contributed by atoms with Gasteiger partial charge in [-0.05, 0) is 63.7 Å². The van der Waals surface area contributed by atoms with Gasteiger partial charge in [0.15, 0.2) is 11.6 Å². The van der Waals surface area contributed by atoms with Crippen LogP contribution in [0, 0.1) is 6.92 Å². The van der Waals surface area contributed by atoms with Crippen LogP contribution in [0.15, 0.2) is 132 Å². The second-order valence-corrected chi connectivity index (χ2v) is 14.4. The Hall–Kier alpha value is -5.36. The molecule has 3 heterocycles. The first-order valence-electron chi connectivity index (χ1n) is 15.7. The van der Waals surface area contributed by atoms with Gasteiger partial charge in [0.05, 0.1) is 22.4 Å². The Morgan fingerprint density at radius 1 is 0.660 bits per heavy atom. The van der Waals surface area contributed by atoms with Crippen LogP contribution in [0.2, 0.25) is 0 Å². The van der Waals surface area contributed by atoms with Gasteiger partial charge >= 0.3 is 0 Å². The summed E-state index contributed by atoms with van der Waals surface area (Å²) in [6.45, 7) is 2.18. The average molecular weight is 640 g/mol. The van der Waals surface area contributed by atoms with Gasteiger partial charge in [-0.1, -0.05) is 109 Å². The third-order valence-corrected chi connectivity index (χ3v) is 12.1. The largest absolute Gasteiger partial charge is 0.300 e. The number of fused-ring (bicyclic) bond motifs is 11. The van der Waals surface area contributed by atoms with Crippen molar-refractivity contribution < 1.29 is 9.59 Å². The highest BCUT2D eigenvalue weighted by Gasteiger charge is 2.53. The molecule has 0 radical (unpaired) electrons. The summed E-state index contributed by atoms with van der Waals surface area (Å²) in [5, 5.41) is 5.69. The highest BCUT2D eigenvalue weighted by Crippen LogP contribution is 2.66. The molecule has 0 bridgehead atoms. The monoisotopic (exact) mass is 639 g/mol. The van der Waals surface area contributed by atoms with E-state index in [1.807, 2.05) is 18.2 Å². The molecule has 0 amide bonds. The Morgan fingerprint density at radius 3 is 1.98 bits per heavy atom. The highest BCUT2D eigenvalue weighted by atomic mass is 32.1. The summed E-state index contributed by atoms with van der Waals surface area (Å²) < 4.78 is 0. The predicted molar refractivity (Wildman–Crippen MR) is 193 cm³/mol. The van der Waals surface area contributed by atoms with Crippen LogP contribution in [0.3, 0.4) is 0 Å². The van der Waals surface area contributed by atoms with E-state index in [1.54, 1.807) is 34.8 Å². The fraction of sp³-hybridized carbons (Fsp3) is 0.0476. The molecule has 47 heavy (non-hydrogen) atoms. The molecule has 5 heteroatoms. The number of thiophene rings is 2. The van der Waals surface area contributed by atoms with Crippen molar-refractivity contribution in [2.45, 2.75) is 12.3 Å². The third-order valence-electron chi connectivity index (χ3n) is 10.0. The molecule has 0 saturated heterocycles. The molecule has 0 N–H and O–H groups in total. The molecule has 1 spiro atoms. The lowest BCUT2D eigenvalue weighted by Crippen LogP contribution is -2.34. The first kappa shape index (κ1) is 26.8. The first-order chi connectivity index (χ1) is 23.1. The summed E-state index contributed by atoms with van der Waals surface area (Å²) >= 11 is 3.45. The number of rotatable bonds is 2. The number of ketones is 2. The maximum atomic E-state index is 13.6. The van der Waals surface area contributed by atoms with Gasteiger partial charge in [-0.25, -0.2) is 0 Å². The second kappa shape index (κ2) is 9.58. The molecule has 222 valence electrons. The van der Waals surface area contributed by atoms with Crippen molar-refractivity contribution in [3.63, 3.8) is 0 Å². The van der Waals surface area contributed by atoms with Crippen molar-refractivity contribution in [2.75, 3.05) is 4.90 Å². The number of anilines is 3. The van der Waals surface area contributed by atoms with E-state index >= 15 is 0 Å². The second-order valence-electron chi connectivity index (χ2n) is 12.4. The molecule has 7 aromatic rings. The van der Waals surface area contributed by atoms with Gasteiger partial charge < -0.3 is 0 Å². The topological polar surface area (TPSA) is 37.4 Å². The molecule has 0 unspecified atom stereocenters. The Labute approximate surface area is 279 Å². The molecular weight excluding hydrogens is 615 g/mol. The molecule has 5 aromatic carbocycles. The van der Waals surface area contributed by atoms with Gasteiger partial charge in [-0.3, -0.25) is 14.5 Å². The van der Waals surface area contributed by atoms with E-state index in [9.17, 15) is 9.59 Å². The van der Waals surface area contributed by atoms with Crippen LogP contribution >= 0.6 is 22.7 Å². The van der Waals surface area contributed by atoms with Crippen molar-refractivity contribution in [1.82, 2.24) is 0 Å². The Morgan fingerprint density at radius 2 is 1.28 bits per heavy atom. The predicted octanol–water partition coefficient (Wildman–Crippen LogP) is 10.9. The molecule has 3 aliphatic rings. The number of hydrogen-bond donors (Lipinski definition) is 0. The Balaban J connectivity index is 1.31. The summed E-state index contributed by atoms with van der Waals surface area (Å²) in [6, 6.07) is 42.2. The lowest BCUT2D eigenvalue weighted by Gasteiger charge is -2.42. The van der Waals surface area contributed by atoms with Crippen LogP contribution in [0.4, 0.5) is 16.4 Å². The summed E-state index contributed by atoms with van der Waals surface area (Å²) in [5.74, 6) is -0.409. The smallest absolute Gasteiger partial charge is 0.197 e. The number of allylic oxidation sites excluding steroid dienone is 1. The van der Waals surface area contributed by atoms with E-state index in [2.05, 4.69) is 114 Å². The standard InChI is InChI=1S/C42H25NO2S2/c1-24-18-19-25-10-2-3-11-27(25)37(24)43-36-20-21-46-40(36)42(33-16-8-6-12-28(33)29-13-7-9-17-34(29)42)35-23-26(47-41(35)43)22-32-38(44)30-14-4-5-15-31(30)39(32)45/h2-23H,1H3. The van der Waals surface area contributed by atoms with Crippen molar-refractivity contribution in [2.24, 2.45) is 0 Å². The molecule has 10 rings (SSSR count). The SMILES string of the molecule is Cc1ccc2ccccc2c1N1c2ccsc2C2(c3ccccc3-c3ccccc32)c2cc(C=C3C(=O)c4ccccc4C3=O)sc21. The van der Waals surface area contributed by atoms with Gasteiger partial charge in [0.1, 0.15) is 5.00 Å². The summed E-state index contributed by atoms with van der Waals surface area (Å²) in [5.41, 5.74) is 10.3. The zero-order valence-corrected chi connectivity index (χ0v) is 26.9. The lowest BCUT2D eigenvalue weighted by atomic mass is 9.69. The number of benzene rings is 5. The molecular formula is C42H25NO2S2. The minimum atomic E-state index is -0.541. The molecule has 0 atom stereocenters. The van der Waals surface area contributed by atoms with Gasteiger partial charge in [-0.2, -0.15) is 0 Å². The number of aryl methyl sites for hydroxylation is 1. The zero-order valence-electron chi connectivity index (χ0n) is 25.3. The summed E-state index contributed by atoms with van der Waals surface area (Å²) in [7, 11) is 0. The normalized spacial score (nSPS) is 15.1. The third kappa shape index (κ3) is 3.40. The van der Waals surface area contributed by atoms with E-state index in [-0.39, 0.29) is 17.1 Å². The maximum absolute atomic E-state index is 13.6. The fourth-order valence-corrected chi connectivity index (χ4v) is 10.4. The Kier molecular flexibility index (Phi) is 5.47. The van der Waals surface area contributed by atoms with Gasteiger partial charge in [0.2, 0.25) is 0 Å².